The number of rotatable bonds is 9. The van der Waals surface area contributed by atoms with Gasteiger partial charge in [0.2, 0.25) is 0 Å². The van der Waals surface area contributed by atoms with Crippen LogP contribution in [0.5, 0.6) is 0 Å². The van der Waals surface area contributed by atoms with Crippen LogP contribution >= 0.6 is 23.2 Å². The predicted molar refractivity (Wildman–Crippen MR) is 130 cm³/mol. The van der Waals surface area contributed by atoms with Gasteiger partial charge in [-0.15, -0.1) is 0 Å². The Morgan fingerprint density at radius 2 is 1.76 bits per heavy atom. The van der Waals surface area contributed by atoms with E-state index < -0.39 is 6.10 Å². The maximum atomic E-state index is 13.4. The second-order valence-electron chi connectivity index (χ2n) is 8.26. The summed E-state index contributed by atoms with van der Waals surface area (Å²) in [6.45, 7) is 1.58. The highest BCUT2D eigenvalue weighted by molar-refractivity contribution is 6.42. The highest BCUT2D eigenvalue weighted by atomic mass is 35.5. The predicted octanol–water partition coefficient (Wildman–Crippen LogP) is 5.73. The van der Waals surface area contributed by atoms with Crippen LogP contribution in [0.15, 0.2) is 78.0 Å². The molecule has 3 aromatic carbocycles. The third kappa shape index (κ3) is 6.78. The van der Waals surface area contributed by atoms with Gasteiger partial charge < -0.3 is 9.94 Å². The average molecular weight is 487 g/mol. The minimum absolute atomic E-state index is 0.168. The van der Waals surface area contributed by atoms with Crippen molar-refractivity contribution < 1.29 is 14.3 Å². The topological polar surface area (TPSA) is 45.1 Å². The second-order valence-corrected chi connectivity index (χ2v) is 9.08. The molecule has 1 N–H and O–H groups in total. The zero-order chi connectivity index (χ0) is 23.2. The fourth-order valence-electron chi connectivity index (χ4n) is 3.96. The van der Waals surface area contributed by atoms with Gasteiger partial charge >= 0.3 is 0 Å². The van der Waals surface area contributed by atoms with Gasteiger partial charge in [-0.3, -0.25) is 4.90 Å². The summed E-state index contributed by atoms with van der Waals surface area (Å²) in [7, 11) is 0. The highest BCUT2D eigenvalue weighted by Crippen LogP contribution is 2.26. The molecular formula is C26H25Cl2FN2O2. The number of aliphatic hydroxyl groups is 1. The molecule has 4 rings (SSSR count). The second kappa shape index (κ2) is 11.1. The van der Waals surface area contributed by atoms with Crippen LogP contribution in [0.1, 0.15) is 23.1 Å². The third-order valence-electron chi connectivity index (χ3n) is 5.55. The summed E-state index contributed by atoms with van der Waals surface area (Å²) in [6.07, 6.45) is 0.452. The summed E-state index contributed by atoms with van der Waals surface area (Å²) in [5.74, 6) is -0.270. The molecule has 2 unspecified atom stereocenters. The van der Waals surface area contributed by atoms with Crippen molar-refractivity contribution in [2.75, 3.05) is 13.1 Å². The molecule has 7 heteroatoms. The molecular weight excluding hydrogens is 462 g/mol. The van der Waals surface area contributed by atoms with E-state index in [9.17, 15) is 9.50 Å². The quantitative estimate of drug-likeness (QED) is 0.419. The molecule has 0 aliphatic carbocycles. The lowest BCUT2D eigenvalue weighted by Gasteiger charge is -2.27. The Balaban J connectivity index is 1.41. The molecule has 3 aromatic rings. The molecule has 172 valence electrons. The van der Waals surface area contributed by atoms with Gasteiger partial charge in [0.05, 0.1) is 21.9 Å². The number of hydrogen-bond acceptors (Lipinski definition) is 4. The Kier molecular flexibility index (Phi) is 7.99. The largest absolute Gasteiger partial charge is 0.391 e. The third-order valence-corrected chi connectivity index (χ3v) is 6.29. The minimum atomic E-state index is -0.551. The Morgan fingerprint density at radius 1 is 1.00 bits per heavy atom. The van der Waals surface area contributed by atoms with Gasteiger partial charge in [0.1, 0.15) is 11.9 Å². The van der Waals surface area contributed by atoms with Crippen LogP contribution in [-0.2, 0) is 17.8 Å². The Bertz CT molecular complexity index is 1090. The zero-order valence-electron chi connectivity index (χ0n) is 18.0. The number of oxime groups is 1. The van der Waals surface area contributed by atoms with Crippen LogP contribution in [0.4, 0.5) is 4.39 Å². The molecule has 33 heavy (non-hydrogen) atoms. The van der Waals surface area contributed by atoms with E-state index in [2.05, 4.69) is 10.1 Å². The average Bonchev–Trinajstić information content (AvgIpc) is 3.26. The maximum absolute atomic E-state index is 13.4. The summed E-state index contributed by atoms with van der Waals surface area (Å²) in [5.41, 5.74) is 3.73. The van der Waals surface area contributed by atoms with E-state index in [-0.39, 0.29) is 11.9 Å². The van der Waals surface area contributed by atoms with Gasteiger partial charge in [-0.25, -0.2) is 4.39 Å². The van der Waals surface area contributed by atoms with Gasteiger partial charge in [0, 0.05) is 31.6 Å². The van der Waals surface area contributed by atoms with E-state index in [1.165, 1.54) is 12.1 Å². The summed E-state index contributed by atoms with van der Waals surface area (Å²) in [4.78, 5) is 7.83. The van der Waals surface area contributed by atoms with Crippen molar-refractivity contribution in [3.8, 4) is 0 Å². The van der Waals surface area contributed by atoms with Crippen molar-refractivity contribution in [2.45, 2.75) is 31.6 Å². The van der Waals surface area contributed by atoms with Gasteiger partial charge in [-0.1, -0.05) is 76.9 Å². The Hall–Kier alpha value is -2.44. The van der Waals surface area contributed by atoms with Gasteiger partial charge in [0.15, 0.2) is 0 Å². The molecule has 0 spiro atoms. The van der Waals surface area contributed by atoms with Crippen LogP contribution in [-0.4, -0.2) is 41.0 Å². The van der Waals surface area contributed by atoms with Crippen molar-refractivity contribution in [3.05, 3.63) is 105 Å². The number of aliphatic hydroxyl groups excluding tert-OH is 1. The molecule has 0 fully saturated rings. The first kappa shape index (κ1) is 23.7. The van der Waals surface area contributed by atoms with E-state index in [4.69, 9.17) is 28.0 Å². The highest BCUT2D eigenvalue weighted by Gasteiger charge is 2.26. The van der Waals surface area contributed by atoms with Crippen molar-refractivity contribution in [2.24, 2.45) is 5.16 Å². The monoisotopic (exact) mass is 486 g/mol. The van der Waals surface area contributed by atoms with Gasteiger partial charge in [0.25, 0.3) is 0 Å². The summed E-state index contributed by atoms with van der Waals surface area (Å²) in [6, 6.07) is 21.7. The lowest BCUT2D eigenvalue weighted by molar-refractivity contribution is 0.0322. The first-order valence-electron chi connectivity index (χ1n) is 10.8. The van der Waals surface area contributed by atoms with Gasteiger partial charge in [-0.2, -0.15) is 0 Å². The van der Waals surface area contributed by atoms with Crippen molar-refractivity contribution in [1.29, 1.82) is 0 Å². The summed E-state index contributed by atoms with van der Waals surface area (Å²) in [5, 5.41) is 16.0. The molecule has 4 nitrogen and oxygen atoms in total. The molecule has 0 saturated carbocycles. The molecule has 1 aliphatic rings. The van der Waals surface area contributed by atoms with Crippen molar-refractivity contribution in [3.63, 3.8) is 0 Å². The van der Waals surface area contributed by atoms with E-state index in [1.54, 1.807) is 24.3 Å². The first-order valence-corrected chi connectivity index (χ1v) is 11.6. The molecule has 0 bridgehead atoms. The minimum Gasteiger partial charge on any atom is -0.391 e. The molecule has 1 aliphatic heterocycles. The van der Waals surface area contributed by atoms with Crippen LogP contribution in [0.2, 0.25) is 10.0 Å². The summed E-state index contributed by atoms with van der Waals surface area (Å²) < 4.78 is 13.4. The zero-order valence-corrected chi connectivity index (χ0v) is 19.5. The van der Waals surface area contributed by atoms with Gasteiger partial charge in [-0.05, 0) is 41.8 Å². The Morgan fingerprint density at radius 3 is 2.48 bits per heavy atom. The van der Waals surface area contributed by atoms with E-state index in [0.29, 0.717) is 42.5 Å². The number of benzene rings is 3. The lowest BCUT2D eigenvalue weighted by atomic mass is 10.0. The number of nitrogens with zero attached hydrogens (tertiary/aromatic N) is 2. The molecule has 0 saturated heterocycles. The maximum Gasteiger partial charge on any atom is 0.145 e. The fourth-order valence-corrected chi connectivity index (χ4v) is 4.26. The summed E-state index contributed by atoms with van der Waals surface area (Å²) >= 11 is 12.2. The van der Waals surface area contributed by atoms with Crippen LogP contribution in [0.3, 0.4) is 0 Å². The molecule has 0 radical (unpaired) electrons. The van der Waals surface area contributed by atoms with Crippen molar-refractivity contribution >= 4 is 28.9 Å². The van der Waals surface area contributed by atoms with Crippen molar-refractivity contribution in [1.82, 2.24) is 4.90 Å². The lowest BCUT2D eigenvalue weighted by Crippen LogP contribution is -2.38. The fraction of sp³-hybridized carbons (Fsp3) is 0.269. The number of hydrogen-bond donors (Lipinski definition) is 1. The van der Waals surface area contributed by atoms with E-state index >= 15 is 0 Å². The normalized spacial score (nSPS) is 16.5. The SMILES string of the molecule is OC(Cc1ccccc1)CN(Cc1ccc(F)cc1)CC1CC(c2ccc(Cl)c(Cl)c2)=NO1. The smallest absolute Gasteiger partial charge is 0.145 e. The van der Waals surface area contributed by atoms with E-state index in [1.807, 2.05) is 36.4 Å². The van der Waals surface area contributed by atoms with E-state index in [0.717, 1.165) is 22.4 Å². The Labute approximate surface area is 203 Å². The number of halogens is 3. The standard InChI is InChI=1S/C26H25Cl2FN2O2/c27-24-11-8-20(13-25(24)28)26-14-23(33-30-26)17-31(15-19-6-9-21(29)10-7-19)16-22(32)12-18-4-2-1-3-5-18/h1-11,13,22-23,32H,12,14-17H2. The van der Waals surface area contributed by atoms with Crippen LogP contribution < -0.4 is 0 Å². The molecule has 1 heterocycles. The molecule has 0 amide bonds. The van der Waals surface area contributed by atoms with Crippen LogP contribution in [0.25, 0.3) is 0 Å². The molecule has 2 atom stereocenters. The first-order chi connectivity index (χ1) is 16.0. The molecule has 0 aromatic heterocycles. The van der Waals surface area contributed by atoms with Crippen LogP contribution in [0, 0.1) is 5.82 Å².